The van der Waals surface area contributed by atoms with Crippen molar-refractivity contribution in [2.45, 2.75) is 19.4 Å². The molecular weight excluding hydrogens is 256 g/mol. The van der Waals surface area contributed by atoms with Gasteiger partial charge < -0.3 is 9.64 Å². The molecule has 3 nitrogen and oxygen atoms in total. The molecule has 1 fully saturated rings. The molecule has 0 saturated carbocycles. The van der Waals surface area contributed by atoms with Gasteiger partial charge in [0.15, 0.2) is 0 Å². The van der Waals surface area contributed by atoms with Gasteiger partial charge in [-0.15, -0.1) is 0 Å². The van der Waals surface area contributed by atoms with E-state index in [1.165, 1.54) is 0 Å². The number of methoxy groups -OCH3 is 1. The first-order valence-electron chi connectivity index (χ1n) is 4.97. The SMILES string of the molecule is COC1(C)CN(c2ccc(Br)c(C)n2)C1. The van der Waals surface area contributed by atoms with Crippen molar-refractivity contribution < 1.29 is 4.74 Å². The first-order chi connectivity index (χ1) is 7.04. The van der Waals surface area contributed by atoms with Crippen molar-refractivity contribution in [3.63, 3.8) is 0 Å². The van der Waals surface area contributed by atoms with Gasteiger partial charge in [0.1, 0.15) is 5.82 Å². The predicted octanol–water partition coefficient (Wildman–Crippen LogP) is 2.38. The topological polar surface area (TPSA) is 25.4 Å². The Hall–Kier alpha value is -0.610. The normalized spacial score (nSPS) is 18.8. The molecule has 1 aliphatic heterocycles. The lowest BCUT2D eigenvalue weighted by atomic mass is 9.96. The summed E-state index contributed by atoms with van der Waals surface area (Å²) in [6.45, 7) is 5.95. The zero-order valence-corrected chi connectivity index (χ0v) is 10.8. The Kier molecular flexibility index (Phi) is 2.73. The fourth-order valence-corrected chi connectivity index (χ4v) is 1.98. The van der Waals surface area contributed by atoms with E-state index in [2.05, 4.69) is 32.7 Å². The minimum Gasteiger partial charge on any atom is -0.375 e. The molecule has 1 aromatic rings. The van der Waals surface area contributed by atoms with Gasteiger partial charge >= 0.3 is 0 Å². The Labute approximate surface area is 98.6 Å². The maximum atomic E-state index is 5.40. The molecule has 0 atom stereocenters. The molecule has 0 N–H and O–H groups in total. The van der Waals surface area contributed by atoms with Crippen LogP contribution in [0, 0.1) is 6.92 Å². The standard InChI is InChI=1S/C11H15BrN2O/c1-8-9(12)4-5-10(13-8)14-6-11(2,7-14)15-3/h4-5H,6-7H2,1-3H3. The number of rotatable bonds is 2. The molecule has 0 aromatic carbocycles. The van der Waals surface area contributed by atoms with Gasteiger partial charge in [0.05, 0.1) is 11.3 Å². The van der Waals surface area contributed by atoms with Crippen molar-refractivity contribution in [3.8, 4) is 0 Å². The number of pyridine rings is 1. The third kappa shape index (κ3) is 2.01. The van der Waals surface area contributed by atoms with Crippen LogP contribution in [0.5, 0.6) is 0 Å². The van der Waals surface area contributed by atoms with Gasteiger partial charge in [0, 0.05) is 24.7 Å². The van der Waals surface area contributed by atoms with Crippen LogP contribution in [-0.2, 0) is 4.74 Å². The highest BCUT2D eigenvalue weighted by Crippen LogP contribution is 2.29. The third-order valence-electron chi connectivity index (χ3n) is 2.87. The number of halogens is 1. The van der Waals surface area contributed by atoms with Crippen molar-refractivity contribution in [3.05, 3.63) is 22.3 Å². The highest BCUT2D eigenvalue weighted by Gasteiger charge is 2.39. The lowest BCUT2D eigenvalue weighted by molar-refractivity contribution is -0.0171. The summed E-state index contributed by atoms with van der Waals surface area (Å²) in [5.74, 6) is 1.03. The maximum absolute atomic E-state index is 5.40. The van der Waals surface area contributed by atoms with E-state index in [0.29, 0.717) is 0 Å². The zero-order valence-electron chi connectivity index (χ0n) is 9.25. The Balaban J connectivity index is 2.10. The van der Waals surface area contributed by atoms with Crippen molar-refractivity contribution in [2.24, 2.45) is 0 Å². The van der Waals surface area contributed by atoms with E-state index >= 15 is 0 Å². The van der Waals surface area contributed by atoms with Crippen LogP contribution in [0.2, 0.25) is 0 Å². The van der Waals surface area contributed by atoms with Gasteiger partial charge in [-0.1, -0.05) is 0 Å². The summed E-state index contributed by atoms with van der Waals surface area (Å²) in [7, 11) is 1.76. The lowest BCUT2D eigenvalue weighted by Crippen LogP contribution is -2.61. The van der Waals surface area contributed by atoms with Crippen LogP contribution in [0.15, 0.2) is 16.6 Å². The van der Waals surface area contributed by atoms with Crippen molar-refractivity contribution in [1.29, 1.82) is 0 Å². The molecule has 2 rings (SSSR count). The highest BCUT2D eigenvalue weighted by atomic mass is 79.9. The van der Waals surface area contributed by atoms with Gasteiger partial charge in [-0.25, -0.2) is 4.98 Å². The van der Waals surface area contributed by atoms with Crippen LogP contribution in [0.1, 0.15) is 12.6 Å². The van der Waals surface area contributed by atoms with Crippen LogP contribution in [-0.4, -0.2) is 30.8 Å². The summed E-state index contributed by atoms with van der Waals surface area (Å²) in [5.41, 5.74) is 1.03. The van der Waals surface area contributed by atoms with E-state index in [9.17, 15) is 0 Å². The summed E-state index contributed by atoms with van der Waals surface area (Å²) < 4.78 is 6.46. The minimum atomic E-state index is 0.00264. The molecule has 0 radical (unpaired) electrons. The summed E-state index contributed by atoms with van der Waals surface area (Å²) in [6.07, 6.45) is 0. The predicted molar refractivity (Wildman–Crippen MR) is 64.3 cm³/mol. The van der Waals surface area contributed by atoms with Crippen molar-refractivity contribution in [2.75, 3.05) is 25.1 Å². The summed E-state index contributed by atoms with van der Waals surface area (Å²) in [4.78, 5) is 6.74. The summed E-state index contributed by atoms with van der Waals surface area (Å²) in [6, 6.07) is 4.08. The lowest BCUT2D eigenvalue weighted by Gasteiger charge is -2.47. The molecule has 2 heterocycles. The molecule has 0 aliphatic carbocycles. The van der Waals surface area contributed by atoms with Crippen LogP contribution < -0.4 is 4.90 Å². The van der Waals surface area contributed by atoms with Crippen LogP contribution in [0.4, 0.5) is 5.82 Å². The number of anilines is 1. The number of nitrogens with zero attached hydrogens (tertiary/aromatic N) is 2. The molecule has 15 heavy (non-hydrogen) atoms. The van der Waals surface area contributed by atoms with Gasteiger partial charge in [0.25, 0.3) is 0 Å². The first-order valence-corrected chi connectivity index (χ1v) is 5.77. The van der Waals surface area contributed by atoms with Crippen molar-refractivity contribution in [1.82, 2.24) is 4.98 Å². The van der Waals surface area contributed by atoms with Crippen LogP contribution in [0.3, 0.4) is 0 Å². The number of ether oxygens (including phenoxy) is 1. The smallest absolute Gasteiger partial charge is 0.129 e. The molecule has 82 valence electrons. The van der Waals surface area contributed by atoms with E-state index < -0.39 is 0 Å². The number of hydrogen-bond acceptors (Lipinski definition) is 3. The second-order valence-corrected chi connectivity index (χ2v) is 5.10. The Morgan fingerprint density at radius 3 is 2.67 bits per heavy atom. The van der Waals surface area contributed by atoms with E-state index in [1.807, 2.05) is 19.1 Å². The third-order valence-corrected chi connectivity index (χ3v) is 3.71. The molecule has 1 saturated heterocycles. The maximum Gasteiger partial charge on any atom is 0.129 e. The second-order valence-electron chi connectivity index (χ2n) is 4.25. The molecule has 0 spiro atoms. The largest absolute Gasteiger partial charge is 0.375 e. The molecule has 0 unspecified atom stereocenters. The van der Waals surface area contributed by atoms with Crippen molar-refractivity contribution >= 4 is 21.7 Å². The number of aryl methyl sites for hydroxylation is 1. The van der Waals surface area contributed by atoms with E-state index in [4.69, 9.17) is 4.74 Å². The Morgan fingerprint density at radius 1 is 1.47 bits per heavy atom. The number of hydrogen-bond donors (Lipinski definition) is 0. The average Bonchev–Trinajstić information content (AvgIpc) is 2.18. The monoisotopic (exact) mass is 270 g/mol. The molecule has 4 heteroatoms. The first kappa shape index (κ1) is 10.9. The van der Waals surface area contributed by atoms with Gasteiger partial charge in [-0.2, -0.15) is 0 Å². The Bertz CT molecular complexity index is 375. The average molecular weight is 271 g/mol. The molecule has 0 amide bonds. The van der Waals surface area contributed by atoms with E-state index in [1.54, 1.807) is 7.11 Å². The van der Waals surface area contributed by atoms with Crippen LogP contribution in [0.25, 0.3) is 0 Å². The van der Waals surface area contributed by atoms with Gasteiger partial charge in [-0.05, 0) is 41.9 Å². The van der Waals surface area contributed by atoms with Gasteiger partial charge in [-0.3, -0.25) is 0 Å². The summed E-state index contributed by atoms with van der Waals surface area (Å²) >= 11 is 3.45. The minimum absolute atomic E-state index is 0.00264. The van der Waals surface area contributed by atoms with Gasteiger partial charge in [0.2, 0.25) is 0 Å². The Morgan fingerprint density at radius 2 is 2.13 bits per heavy atom. The quantitative estimate of drug-likeness (QED) is 0.825. The fraction of sp³-hybridized carbons (Fsp3) is 0.545. The fourth-order valence-electron chi connectivity index (χ4n) is 1.76. The van der Waals surface area contributed by atoms with E-state index in [0.717, 1.165) is 29.1 Å². The van der Waals surface area contributed by atoms with E-state index in [-0.39, 0.29) is 5.60 Å². The zero-order chi connectivity index (χ0) is 11.1. The molecule has 1 aromatic heterocycles. The number of aromatic nitrogens is 1. The summed E-state index contributed by atoms with van der Waals surface area (Å²) in [5, 5.41) is 0. The molecule has 1 aliphatic rings. The molecular formula is C11H15BrN2O. The highest BCUT2D eigenvalue weighted by molar-refractivity contribution is 9.10. The molecule has 0 bridgehead atoms. The second kappa shape index (κ2) is 3.76. The van der Waals surface area contributed by atoms with Crippen LogP contribution >= 0.6 is 15.9 Å².